The van der Waals surface area contributed by atoms with E-state index in [1.54, 1.807) is 0 Å². The van der Waals surface area contributed by atoms with E-state index in [0.29, 0.717) is 19.1 Å². The van der Waals surface area contributed by atoms with Crippen molar-refractivity contribution in [3.05, 3.63) is 0 Å². The minimum absolute atomic E-state index is 0.180. The van der Waals surface area contributed by atoms with Gasteiger partial charge in [0.2, 0.25) is 0 Å². The highest BCUT2D eigenvalue weighted by molar-refractivity contribution is 5.74. The van der Waals surface area contributed by atoms with Gasteiger partial charge in [0.25, 0.3) is 0 Å². The Morgan fingerprint density at radius 3 is 2.78 bits per heavy atom. The Bertz CT molecular complexity index is 267. The molecule has 2 aliphatic rings. The van der Waals surface area contributed by atoms with Gasteiger partial charge in [-0.15, -0.1) is 0 Å². The number of ether oxygens (including phenoxy) is 2. The Balaban J connectivity index is 1.81. The smallest absolute Gasteiger partial charge is 0.320 e. The summed E-state index contributed by atoms with van der Waals surface area (Å²) in [7, 11) is 0. The normalized spacial score (nSPS) is 25.3. The Hall–Kier alpha value is -0.810. The van der Waals surface area contributed by atoms with Crippen LogP contribution in [0.15, 0.2) is 0 Å². The molecule has 0 N–H and O–H groups in total. The van der Waals surface area contributed by atoms with Crippen LogP contribution in [0, 0.1) is 5.92 Å². The SMILES string of the molecule is CCOCC1CCCN(C(=O)N2CCOCC2)C1. The quantitative estimate of drug-likeness (QED) is 0.761. The number of nitrogens with zero attached hydrogens (tertiary/aromatic N) is 2. The summed E-state index contributed by atoms with van der Waals surface area (Å²) in [4.78, 5) is 16.2. The average Bonchev–Trinajstić information content (AvgIpc) is 2.45. The fraction of sp³-hybridized carbons (Fsp3) is 0.923. The molecule has 2 rings (SSSR count). The predicted molar refractivity (Wildman–Crippen MR) is 68.6 cm³/mol. The number of carbonyl (C=O) groups is 1. The lowest BCUT2D eigenvalue weighted by Crippen LogP contribution is -2.51. The molecule has 2 fully saturated rings. The largest absolute Gasteiger partial charge is 0.381 e. The van der Waals surface area contributed by atoms with Gasteiger partial charge in [-0.05, 0) is 19.8 Å². The number of rotatable bonds is 3. The fourth-order valence-electron chi connectivity index (χ4n) is 2.61. The predicted octanol–water partition coefficient (Wildman–Crippen LogP) is 1.19. The topological polar surface area (TPSA) is 42.0 Å². The standard InChI is InChI=1S/C13H24N2O3/c1-2-17-11-12-4-3-5-15(10-12)13(16)14-6-8-18-9-7-14/h12H,2-11H2,1H3. The van der Waals surface area contributed by atoms with E-state index in [0.717, 1.165) is 45.8 Å². The van der Waals surface area contributed by atoms with Gasteiger partial charge in [0, 0.05) is 38.7 Å². The van der Waals surface area contributed by atoms with Crippen molar-refractivity contribution in [3.8, 4) is 0 Å². The van der Waals surface area contributed by atoms with E-state index in [1.165, 1.54) is 6.42 Å². The molecule has 5 heteroatoms. The molecule has 0 spiro atoms. The second kappa shape index (κ2) is 6.95. The molecule has 2 aliphatic heterocycles. The van der Waals surface area contributed by atoms with Crippen LogP contribution in [0.1, 0.15) is 19.8 Å². The molecule has 2 saturated heterocycles. The molecule has 1 atom stereocenters. The van der Waals surface area contributed by atoms with Crippen LogP contribution in [0.3, 0.4) is 0 Å². The number of likely N-dealkylation sites (tertiary alicyclic amines) is 1. The van der Waals surface area contributed by atoms with E-state index >= 15 is 0 Å². The van der Waals surface area contributed by atoms with Crippen molar-refractivity contribution in [1.29, 1.82) is 0 Å². The fourth-order valence-corrected chi connectivity index (χ4v) is 2.61. The number of morpholine rings is 1. The molecule has 0 bridgehead atoms. The van der Waals surface area contributed by atoms with Crippen molar-refractivity contribution in [3.63, 3.8) is 0 Å². The lowest BCUT2D eigenvalue weighted by atomic mass is 9.99. The molecular formula is C13H24N2O3. The van der Waals surface area contributed by atoms with Crippen LogP contribution in [-0.2, 0) is 9.47 Å². The molecule has 0 aromatic carbocycles. The van der Waals surface area contributed by atoms with Gasteiger partial charge in [0.15, 0.2) is 0 Å². The van der Waals surface area contributed by atoms with Crippen molar-refractivity contribution >= 4 is 6.03 Å². The molecule has 0 saturated carbocycles. The summed E-state index contributed by atoms with van der Waals surface area (Å²) in [6, 6.07) is 0.180. The molecule has 2 amide bonds. The van der Waals surface area contributed by atoms with E-state index in [1.807, 2.05) is 16.7 Å². The Morgan fingerprint density at radius 2 is 2.06 bits per heavy atom. The summed E-state index contributed by atoms with van der Waals surface area (Å²) in [5.41, 5.74) is 0. The second-order valence-corrected chi connectivity index (χ2v) is 5.00. The average molecular weight is 256 g/mol. The van der Waals surface area contributed by atoms with Crippen LogP contribution in [0.2, 0.25) is 0 Å². The third kappa shape index (κ3) is 3.59. The zero-order valence-corrected chi connectivity index (χ0v) is 11.3. The first-order chi connectivity index (χ1) is 8.81. The van der Waals surface area contributed by atoms with Crippen LogP contribution in [0.25, 0.3) is 0 Å². The van der Waals surface area contributed by atoms with Crippen molar-refractivity contribution < 1.29 is 14.3 Å². The summed E-state index contributed by atoms with van der Waals surface area (Å²) < 4.78 is 10.8. The Labute approximate surface area is 109 Å². The Kier molecular flexibility index (Phi) is 5.26. The van der Waals surface area contributed by atoms with Crippen molar-refractivity contribution in [2.24, 2.45) is 5.92 Å². The van der Waals surface area contributed by atoms with Crippen LogP contribution in [0.5, 0.6) is 0 Å². The maximum atomic E-state index is 12.3. The van der Waals surface area contributed by atoms with E-state index in [2.05, 4.69) is 0 Å². The third-order valence-electron chi connectivity index (χ3n) is 3.63. The molecule has 2 heterocycles. The van der Waals surface area contributed by atoms with Gasteiger partial charge >= 0.3 is 6.03 Å². The number of piperidine rings is 1. The van der Waals surface area contributed by atoms with Gasteiger partial charge < -0.3 is 19.3 Å². The highest BCUT2D eigenvalue weighted by atomic mass is 16.5. The van der Waals surface area contributed by atoms with Gasteiger partial charge in [0.1, 0.15) is 0 Å². The van der Waals surface area contributed by atoms with E-state index < -0.39 is 0 Å². The highest BCUT2D eigenvalue weighted by Gasteiger charge is 2.27. The zero-order chi connectivity index (χ0) is 12.8. The van der Waals surface area contributed by atoms with E-state index in [9.17, 15) is 4.79 Å². The maximum absolute atomic E-state index is 12.3. The lowest BCUT2D eigenvalue weighted by Gasteiger charge is -2.37. The highest BCUT2D eigenvalue weighted by Crippen LogP contribution is 2.18. The Morgan fingerprint density at radius 1 is 1.28 bits per heavy atom. The molecular weight excluding hydrogens is 232 g/mol. The molecule has 18 heavy (non-hydrogen) atoms. The molecule has 0 radical (unpaired) electrons. The van der Waals surface area contributed by atoms with E-state index in [-0.39, 0.29) is 6.03 Å². The van der Waals surface area contributed by atoms with Crippen LogP contribution >= 0.6 is 0 Å². The maximum Gasteiger partial charge on any atom is 0.320 e. The minimum atomic E-state index is 0.180. The van der Waals surface area contributed by atoms with Gasteiger partial charge in [0.05, 0.1) is 19.8 Å². The van der Waals surface area contributed by atoms with Crippen LogP contribution in [0.4, 0.5) is 4.79 Å². The van der Waals surface area contributed by atoms with Crippen LogP contribution < -0.4 is 0 Å². The molecule has 0 aliphatic carbocycles. The van der Waals surface area contributed by atoms with Crippen molar-refractivity contribution in [2.75, 3.05) is 52.6 Å². The van der Waals surface area contributed by atoms with Gasteiger partial charge in [-0.3, -0.25) is 0 Å². The monoisotopic (exact) mass is 256 g/mol. The molecule has 5 nitrogen and oxygen atoms in total. The van der Waals surface area contributed by atoms with E-state index in [4.69, 9.17) is 9.47 Å². The summed E-state index contributed by atoms with van der Waals surface area (Å²) >= 11 is 0. The van der Waals surface area contributed by atoms with Crippen molar-refractivity contribution in [2.45, 2.75) is 19.8 Å². The number of urea groups is 1. The van der Waals surface area contributed by atoms with Gasteiger partial charge in [-0.1, -0.05) is 0 Å². The van der Waals surface area contributed by atoms with Gasteiger partial charge in [-0.25, -0.2) is 4.79 Å². The number of carbonyl (C=O) groups excluding carboxylic acids is 1. The molecule has 0 aromatic heterocycles. The molecule has 0 aromatic rings. The lowest BCUT2D eigenvalue weighted by molar-refractivity contribution is 0.0323. The third-order valence-corrected chi connectivity index (χ3v) is 3.63. The first kappa shape index (κ1) is 13.6. The molecule has 104 valence electrons. The first-order valence-electron chi connectivity index (χ1n) is 7.00. The second-order valence-electron chi connectivity index (χ2n) is 5.00. The van der Waals surface area contributed by atoms with Crippen LogP contribution in [-0.4, -0.2) is 68.4 Å². The summed E-state index contributed by atoms with van der Waals surface area (Å²) in [5.74, 6) is 0.503. The van der Waals surface area contributed by atoms with Crippen molar-refractivity contribution in [1.82, 2.24) is 9.80 Å². The van der Waals surface area contributed by atoms with Gasteiger partial charge in [-0.2, -0.15) is 0 Å². The summed E-state index contributed by atoms with van der Waals surface area (Å²) in [5, 5.41) is 0. The first-order valence-corrected chi connectivity index (χ1v) is 7.00. The molecule has 1 unspecified atom stereocenters. The minimum Gasteiger partial charge on any atom is -0.381 e. The summed E-state index contributed by atoms with van der Waals surface area (Å²) in [6.45, 7) is 8.08. The zero-order valence-electron chi connectivity index (χ0n) is 11.3. The number of hydrogen-bond acceptors (Lipinski definition) is 3. The number of amides is 2. The number of hydrogen-bond donors (Lipinski definition) is 0. The summed E-state index contributed by atoms with van der Waals surface area (Å²) in [6.07, 6.45) is 2.26.